The van der Waals surface area contributed by atoms with Crippen LogP contribution >= 0.6 is 11.3 Å². The number of aromatic nitrogens is 2. The Kier molecular flexibility index (Phi) is 3.23. The van der Waals surface area contributed by atoms with Crippen LogP contribution in [0.4, 0.5) is 5.82 Å². The molecule has 0 aliphatic rings. The lowest BCUT2D eigenvalue weighted by molar-refractivity contribution is -0.141. The van der Waals surface area contributed by atoms with Crippen molar-refractivity contribution in [1.82, 2.24) is 9.97 Å². The minimum Gasteiger partial charge on any atom is -0.467 e. The van der Waals surface area contributed by atoms with Crippen molar-refractivity contribution in [3.8, 4) is 0 Å². The van der Waals surface area contributed by atoms with Crippen molar-refractivity contribution in [2.75, 3.05) is 12.4 Å². The summed E-state index contributed by atoms with van der Waals surface area (Å²) in [6, 6.07) is -0.430. The molecule has 1 unspecified atom stereocenters. The highest BCUT2D eigenvalue weighted by Gasteiger charge is 2.16. The maximum Gasteiger partial charge on any atom is 0.328 e. The summed E-state index contributed by atoms with van der Waals surface area (Å²) in [6.07, 6.45) is 1.49. The zero-order valence-electron chi connectivity index (χ0n) is 9.85. The minimum absolute atomic E-state index is 0.315. The second-order valence-corrected chi connectivity index (χ2v) is 4.59. The maximum absolute atomic E-state index is 11.3. The van der Waals surface area contributed by atoms with Crippen molar-refractivity contribution < 1.29 is 9.53 Å². The molecule has 90 valence electrons. The lowest BCUT2D eigenvalue weighted by atomic mass is 10.3. The summed E-state index contributed by atoms with van der Waals surface area (Å²) in [6.45, 7) is 3.74. The van der Waals surface area contributed by atoms with E-state index in [2.05, 4.69) is 20.0 Å². The van der Waals surface area contributed by atoms with Crippen LogP contribution < -0.4 is 5.32 Å². The molecule has 1 N–H and O–H groups in total. The van der Waals surface area contributed by atoms with Crippen LogP contribution in [0.25, 0.3) is 10.2 Å². The van der Waals surface area contributed by atoms with E-state index in [1.807, 2.05) is 12.3 Å². The van der Waals surface area contributed by atoms with Gasteiger partial charge in [0.2, 0.25) is 0 Å². The number of anilines is 1. The summed E-state index contributed by atoms with van der Waals surface area (Å²) in [4.78, 5) is 19.7. The molecule has 0 bridgehead atoms. The lowest BCUT2D eigenvalue weighted by Crippen LogP contribution is -2.27. The second kappa shape index (κ2) is 4.67. The average molecular weight is 251 g/mol. The molecule has 17 heavy (non-hydrogen) atoms. The summed E-state index contributed by atoms with van der Waals surface area (Å²) < 4.78 is 5.62. The number of thiophene rings is 1. The first-order chi connectivity index (χ1) is 8.13. The van der Waals surface area contributed by atoms with Crippen LogP contribution in [0.3, 0.4) is 0 Å². The largest absolute Gasteiger partial charge is 0.467 e. The fraction of sp³-hybridized carbons (Fsp3) is 0.364. The molecular weight excluding hydrogens is 238 g/mol. The number of hydrogen-bond donors (Lipinski definition) is 1. The molecule has 0 saturated heterocycles. The van der Waals surface area contributed by atoms with Crippen molar-refractivity contribution in [2.24, 2.45) is 0 Å². The fourth-order valence-electron chi connectivity index (χ4n) is 1.51. The molecule has 2 rings (SSSR count). The molecule has 0 aliphatic carbocycles. The van der Waals surface area contributed by atoms with Gasteiger partial charge in [-0.3, -0.25) is 0 Å². The molecule has 0 saturated carbocycles. The fourth-order valence-corrected chi connectivity index (χ4v) is 2.47. The van der Waals surface area contributed by atoms with E-state index in [0.717, 1.165) is 15.8 Å². The Balaban J connectivity index is 2.33. The van der Waals surface area contributed by atoms with Crippen LogP contribution in [-0.4, -0.2) is 29.1 Å². The van der Waals surface area contributed by atoms with E-state index >= 15 is 0 Å². The van der Waals surface area contributed by atoms with E-state index in [0.29, 0.717) is 5.82 Å². The number of hydrogen-bond acceptors (Lipinski definition) is 6. The molecule has 1 atom stereocenters. The van der Waals surface area contributed by atoms with E-state index in [9.17, 15) is 4.79 Å². The molecule has 0 amide bonds. The molecule has 2 aromatic heterocycles. The van der Waals surface area contributed by atoms with Crippen molar-refractivity contribution in [3.05, 3.63) is 17.3 Å². The Morgan fingerprint density at radius 2 is 2.29 bits per heavy atom. The van der Waals surface area contributed by atoms with Gasteiger partial charge in [0, 0.05) is 0 Å². The topological polar surface area (TPSA) is 64.1 Å². The van der Waals surface area contributed by atoms with Crippen LogP contribution in [0.5, 0.6) is 0 Å². The van der Waals surface area contributed by atoms with Gasteiger partial charge in [0.1, 0.15) is 18.2 Å². The van der Waals surface area contributed by atoms with Crippen LogP contribution in [-0.2, 0) is 9.53 Å². The molecule has 0 spiro atoms. The van der Waals surface area contributed by atoms with Crippen LogP contribution in [0.1, 0.15) is 12.5 Å². The summed E-state index contributed by atoms with van der Waals surface area (Å²) in [5.74, 6) is 0.357. The molecule has 0 aliphatic heterocycles. The monoisotopic (exact) mass is 251 g/mol. The van der Waals surface area contributed by atoms with Gasteiger partial charge in [0.15, 0.2) is 0 Å². The number of carbonyl (C=O) groups excluding carboxylic acids is 1. The van der Waals surface area contributed by atoms with Gasteiger partial charge in [-0.15, -0.1) is 11.3 Å². The number of nitrogens with one attached hydrogen (secondary N) is 1. The average Bonchev–Trinajstić information content (AvgIpc) is 2.71. The van der Waals surface area contributed by atoms with Gasteiger partial charge in [0.05, 0.1) is 17.3 Å². The van der Waals surface area contributed by atoms with Gasteiger partial charge in [-0.25, -0.2) is 14.8 Å². The third-order valence-corrected chi connectivity index (χ3v) is 3.53. The molecule has 5 nitrogen and oxygen atoms in total. The van der Waals surface area contributed by atoms with Gasteiger partial charge >= 0.3 is 5.97 Å². The summed E-state index contributed by atoms with van der Waals surface area (Å²) in [7, 11) is 1.37. The number of fused-ring (bicyclic) bond motifs is 1. The molecule has 2 heterocycles. The molecule has 2 aromatic rings. The van der Waals surface area contributed by atoms with E-state index in [1.165, 1.54) is 13.4 Å². The molecular formula is C11H13N3O2S. The Hall–Kier alpha value is -1.69. The number of ether oxygens (including phenoxy) is 1. The number of rotatable bonds is 3. The van der Waals surface area contributed by atoms with E-state index in [1.54, 1.807) is 18.3 Å². The SMILES string of the molecule is COC(=O)C(C)Nc1ncnc2c(C)csc12. The summed E-state index contributed by atoms with van der Waals surface area (Å²) >= 11 is 1.56. The Morgan fingerprint density at radius 3 is 3.00 bits per heavy atom. The predicted molar refractivity (Wildman–Crippen MR) is 67.3 cm³/mol. The molecule has 6 heteroatoms. The molecule has 0 radical (unpaired) electrons. The van der Waals surface area contributed by atoms with Crippen LogP contribution in [0, 0.1) is 6.92 Å². The molecule has 0 aromatic carbocycles. The number of methoxy groups -OCH3 is 1. The Labute approximate surface area is 103 Å². The number of nitrogens with zero attached hydrogens (tertiary/aromatic N) is 2. The number of esters is 1. The zero-order chi connectivity index (χ0) is 12.4. The highest BCUT2D eigenvalue weighted by molar-refractivity contribution is 7.18. The molecule has 0 fully saturated rings. The van der Waals surface area contributed by atoms with Crippen LogP contribution in [0.2, 0.25) is 0 Å². The van der Waals surface area contributed by atoms with Crippen molar-refractivity contribution >= 4 is 33.3 Å². The van der Waals surface area contributed by atoms with E-state index in [4.69, 9.17) is 0 Å². The Bertz CT molecular complexity index is 553. The minimum atomic E-state index is -0.430. The zero-order valence-corrected chi connectivity index (χ0v) is 10.7. The second-order valence-electron chi connectivity index (χ2n) is 3.71. The van der Waals surface area contributed by atoms with Gasteiger partial charge in [-0.1, -0.05) is 0 Å². The third kappa shape index (κ3) is 2.21. The van der Waals surface area contributed by atoms with Gasteiger partial charge in [-0.05, 0) is 24.8 Å². The standard InChI is InChI=1S/C11H13N3O2S/c1-6-4-17-9-8(6)12-5-13-10(9)14-7(2)11(15)16-3/h4-5,7H,1-3H3,(H,12,13,14). The summed E-state index contributed by atoms with van der Waals surface area (Å²) in [5.41, 5.74) is 2.03. The maximum atomic E-state index is 11.3. The Morgan fingerprint density at radius 1 is 1.53 bits per heavy atom. The first-order valence-corrected chi connectivity index (χ1v) is 6.04. The lowest BCUT2D eigenvalue weighted by Gasteiger charge is -2.12. The first-order valence-electron chi connectivity index (χ1n) is 5.16. The van der Waals surface area contributed by atoms with Gasteiger partial charge in [0.25, 0.3) is 0 Å². The van der Waals surface area contributed by atoms with Crippen molar-refractivity contribution in [2.45, 2.75) is 19.9 Å². The van der Waals surface area contributed by atoms with Crippen molar-refractivity contribution in [1.29, 1.82) is 0 Å². The van der Waals surface area contributed by atoms with Gasteiger partial charge in [-0.2, -0.15) is 0 Å². The van der Waals surface area contributed by atoms with Crippen LogP contribution in [0.15, 0.2) is 11.7 Å². The first kappa shape index (κ1) is 11.8. The number of carbonyl (C=O) groups is 1. The highest BCUT2D eigenvalue weighted by Crippen LogP contribution is 2.28. The summed E-state index contributed by atoms with van der Waals surface area (Å²) in [5, 5.41) is 5.05. The third-order valence-electron chi connectivity index (χ3n) is 2.44. The highest BCUT2D eigenvalue weighted by atomic mass is 32.1. The van der Waals surface area contributed by atoms with E-state index < -0.39 is 6.04 Å². The van der Waals surface area contributed by atoms with Crippen molar-refractivity contribution in [3.63, 3.8) is 0 Å². The number of aryl methyl sites for hydroxylation is 1. The normalized spacial score (nSPS) is 12.4. The smallest absolute Gasteiger partial charge is 0.328 e. The van der Waals surface area contributed by atoms with Gasteiger partial charge < -0.3 is 10.1 Å². The van der Waals surface area contributed by atoms with E-state index in [-0.39, 0.29) is 5.97 Å². The predicted octanol–water partition coefficient (Wildman–Crippen LogP) is 1.97. The quantitative estimate of drug-likeness (QED) is 0.845.